The Bertz CT molecular complexity index is 798. The number of carbonyl (C=O) groups excluding carboxylic acids is 1. The predicted octanol–water partition coefficient (Wildman–Crippen LogP) is 4.56. The zero-order chi connectivity index (χ0) is 20.1. The van der Waals surface area contributed by atoms with Gasteiger partial charge in [0, 0.05) is 18.2 Å². The summed E-state index contributed by atoms with van der Waals surface area (Å²) in [7, 11) is 1.64. The summed E-state index contributed by atoms with van der Waals surface area (Å²) in [6.07, 6.45) is -2.94. The van der Waals surface area contributed by atoms with Crippen molar-refractivity contribution in [2.24, 2.45) is 5.92 Å². The smallest absolute Gasteiger partial charge is 0.416 e. The predicted molar refractivity (Wildman–Crippen MR) is 101 cm³/mol. The highest BCUT2D eigenvalue weighted by molar-refractivity contribution is 5.92. The lowest BCUT2D eigenvalue weighted by atomic mass is 9.95. The van der Waals surface area contributed by atoms with Gasteiger partial charge in [-0.05, 0) is 67.9 Å². The molecule has 1 fully saturated rings. The Balaban J connectivity index is 1.49. The van der Waals surface area contributed by atoms with Crippen molar-refractivity contribution in [3.63, 3.8) is 0 Å². The van der Waals surface area contributed by atoms with Crippen LogP contribution >= 0.6 is 0 Å². The van der Waals surface area contributed by atoms with Crippen LogP contribution in [0.25, 0.3) is 0 Å². The minimum atomic E-state index is -4.38. The second-order valence-corrected chi connectivity index (χ2v) is 6.97. The van der Waals surface area contributed by atoms with Crippen LogP contribution in [0.5, 0.6) is 5.75 Å². The van der Waals surface area contributed by atoms with Crippen molar-refractivity contribution in [1.29, 1.82) is 0 Å². The van der Waals surface area contributed by atoms with Gasteiger partial charge in [-0.1, -0.05) is 12.1 Å². The molecule has 1 amide bonds. The molecule has 1 aliphatic rings. The van der Waals surface area contributed by atoms with Gasteiger partial charge in [-0.15, -0.1) is 0 Å². The fraction of sp³-hybridized carbons (Fsp3) is 0.381. The van der Waals surface area contributed by atoms with E-state index in [1.54, 1.807) is 7.11 Å². The molecule has 0 aromatic heterocycles. The Morgan fingerprint density at radius 2 is 1.82 bits per heavy atom. The molecule has 2 aromatic rings. The van der Waals surface area contributed by atoms with Crippen LogP contribution in [0.4, 0.5) is 18.9 Å². The van der Waals surface area contributed by atoms with E-state index in [2.05, 4.69) is 10.2 Å². The van der Waals surface area contributed by atoms with Gasteiger partial charge in [0.1, 0.15) is 5.75 Å². The molecule has 0 spiro atoms. The lowest BCUT2D eigenvalue weighted by Crippen LogP contribution is -2.37. The number of anilines is 1. The van der Waals surface area contributed by atoms with Crippen molar-refractivity contribution < 1.29 is 22.7 Å². The molecule has 2 aromatic carbocycles. The Morgan fingerprint density at radius 1 is 1.14 bits per heavy atom. The number of piperidine rings is 1. The average molecular weight is 392 g/mol. The van der Waals surface area contributed by atoms with Crippen LogP contribution in [0, 0.1) is 5.92 Å². The molecule has 1 saturated heterocycles. The number of nitrogens with zero attached hydrogens (tertiary/aromatic N) is 1. The topological polar surface area (TPSA) is 41.6 Å². The van der Waals surface area contributed by atoms with E-state index in [-0.39, 0.29) is 11.8 Å². The molecule has 0 bridgehead atoms. The van der Waals surface area contributed by atoms with Gasteiger partial charge in [-0.3, -0.25) is 9.69 Å². The second kappa shape index (κ2) is 8.65. The number of hydrogen-bond donors (Lipinski definition) is 1. The largest absolute Gasteiger partial charge is 0.497 e. The summed E-state index contributed by atoms with van der Waals surface area (Å²) in [5.41, 5.74) is 0.820. The highest BCUT2D eigenvalue weighted by Gasteiger charge is 2.30. The van der Waals surface area contributed by atoms with Crippen LogP contribution in [0.1, 0.15) is 24.0 Å². The molecular weight excluding hydrogens is 369 g/mol. The van der Waals surface area contributed by atoms with Gasteiger partial charge >= 0.3 is 6.18 Å². The SMILES string of the molecule is COc1cccc(CN2CCC(C(=O)Nc3ccc(C(F)(F)F)cc3)CC2)c1. The normalized spacial score (nSPS) is 16.0. The van der Waals surface area contributed by atoms with Crippen molar-refractivity contribution in [2.45, 2.75) is 25.6 Å². The summed E-state index contributed by atoms with van der Waals surface area (Å²) < 4.78 is 43.1. The zero-order valence-corrected chi connectivity index (χ0v) is 15.6. The molecule has 0 saturated carbocycles. The Morgan fingerprint density at radius 3 is 2.43 bits per heavy atom. The van der Waals surface area contributed by atoms with Crippen molar-refractivity contribution in [2.75, 3.05) is 25.5 Å². The fourth-order valence-electron chi connectivity index (χ4n) is 3.37. The minimum Gasteiger partial charge on any atom is -0.497 e. The maximum Gasteiger partial charge on any atom is 0.416 e. The van der Waals surface area contributed by atoms with Crippen molar-refractivity contribution in [3.8, 4) is 5.75 Å². The number of halogens is 3. The highest BCUT2D eigenvalue weighted by Crippen LogP contribution is 2.30. The molecule has 28 heavy (non-hydrogen) atoms. The number of methoxy groups -OCH3 is 1. The third-order valence-electron chi connectivity index (χ3n) is 4.98. The molecule has 0 aliphatic carbocycles. The van der Waals surface area contributed by atoms with E-state index in [9.17, 15) is 18.0 Å². The van der Waals surface area contributed by atoms with Gasteiger partial charge in [-0.25, -0.2) is 0 Å². The number of nitrogens with one attached hydrogen (secondary N) is 1. The molecule has 0 radical (unpaired) electrons. The average Bonchev–Trinajstić information content (AvgIpc) is 2.68. The van der Waals surface area contributed by atoms with E-state index >= 15 is 0 Å². The van der Waals surface area contributed by atoms with Crippen LogP contribution in [-0.4, -0.2) is 31.0 Å². The summed E-state index contributed by atoms with van der Waals surface area (Å²) in [5.74, 6) is 0.549. The Labute approximate surface area is 162 Å². The molecule has 0 atom stereocenters. The van der Waals surface area contributed by atoms with E-state index in [1.165, 1.54) is 12.1 Å². The number of alkyl halides is 3. The first kappa shape index (κ1) is 20.2. The van der Waals surface area contributed by atoms with Gasteiger partial charge in [-0.2, -0.15) is 13.2 Å². The molecule has 1 heterocycles. The second-order valence-electron chi connectivity index (χ2n) is 6.97. The lowest BCUT2D eigenvalue weighted by Gasteiger charge is -2.31. The highest BCUT2D eigenvalue weighted by atomic mass is 19.4. The first-order chi connectivity index (χ1) is 13.3. The van der Waals surface area contributed by atoms with E-state index in [0.717, 1.165) is 55.9 Å². The maximum atomic E-state index is 12.6. The summed E-state index contributed by atoms with van der Waals surface area (Å²) in [6, 6.07) is 12.4. The lowest BCUT2D eigenvalue weighted by molar-refractivity contribution is -0.137. The summed E-state index contributed by atoms with van der Waals surface area (Å²) in [5, 5.41) is 2.73. The number of amides is 1. The quantitative estimate of drug-likeness (QED) is 0.811. The summed E-state index contributed by atoms with van der Waals surface area (Å²) in [6.45, 7) is 2.38. The number of ether oxygens (including phenoxy) is 1. The third-order valence-corrected chi connectivity index (χ3v) is 4.98. The summed E-state index contributed by atoms with van der Waals surface area (Å²) >= 11 is 0. The zero-order valence-electron chi connectivity index (χ0n) is 15.6. The number of carbonyl (C=O) groups is 1. The monoisotopic (exact) mass is 392 g/mol. The van der Waals surface area contributed by atoms with E-state index in [0.29, 0.717) is 5.69 Å². The van der Waals surface area contributed by atoms with Crippen molar-refractivity contribution >= 4 is 11.6 Å². The molecular formula is C21H23F3N2O2. The first-order valence-corrected chi connectivity index (χ1v) is 9.18. The molecule has 150 valence electrons. The molecule has 3 rings (SSSR count). The summed E-state index contributed by atoms with van der Waals surface area (Å²) in [4.78, 5) is 14.7. The van der Waals surface area contributed by atoms with Gasteiger partial charge < -0.3 is 10.1 Å². The van der Waals surface area contributed by atoms with Crippen LogP contribution < -0.4 is 10.1 Å². The molecule has 0 unspecified atom stereocenters. The van der Waals surface area contributed by atoms with Crippen LogP contribution in [0.15, 0.2) is 48.5 Å². The third kappa shape index (κ3) is 5.25. The number of benzene rings is 2. The minimum absolute atomic E-state index is 0.135. The van der Waals surface area contributed by atoms with Gasteiger partial charge in [0.2, 0.25) is 5.91 Å². The van der Waals surface area contributed by atoms with Crippen LogP contribution in [0.3, 0.4) is 0 Å². The standard InChI is InChI=1S/C21H23F3N2O2/c1-28-19-4-2-3-15(13-19)14-26-11-9-16(10-12-26)20(27)25-18-7-5-17(6-8-18)21(22,23)24/h2-8,13,16H,9-12,14H2,1H3,(H,25,27). The number of likely N-dealkylation sites (tertiary alicyclic amines) is 1. The molecule has 1 aliphatic heterocycles. The van der Waals surface area contributed by atoms with E-state index in [1.807, 2.05) is 24.3 Å². The number of hydrogen-bond acceptors (Lipinski definition) is 3. The van der Waals surface area contributed by atoms with Gasteiger partial charge in [0.05, 0.1) is 12.7 Å². The fourth-order valence-corrected chi connectivity index (χ4v) is 3.37. The number of rotatable bonds is 5. The Kier molecular flexibility index (Phi) is 6.24. The maximum absolute atomic E-state index is 12.6. The van der Waals surface area contributed by atoms with Gasteiger partial charge in [0.25, 0.3) is 0 Å². The van der Waals surface area contributed by atoms with Gasteiger partial charge in [0.15, 0.2) is 0 Å². The van der Waals surface area contributed by atoms with Crippen molar-refractivity contribution in [3.05, 3.63) is 59.7 Å². The first-order valence-electron chi connectivity index (χ1n) is 9.18. The molecule has 4 nitrogen and oxygen atoms in total. The van der Waals surface area contributed by atoms with Crippen LogP contribution in [-0.2, 0) is 17.5 Å². The van der Waals surface area contributed by atoms with Crippen molar-refractivity contribution in [1.82, 2.24) is 4.90 Å². The Hall–Kier alpha value is -2.54. The van der Waals surface area contributed by atoms with E-state index in [4.69, 9.17) is 4.74 Å². The molecule has 7 heteroatoms. The van der Waals surface area contributed by atoms with E-state index < -0.39 is 11.7 Å². The molecule has 1 N–H and O–H groups in total. The van der Waals surface area contributed by atoms with Crippen LogP contribution in [0.2, 0.25) is 0 Å².